The smallest absolute Gasteiger partial charge is 0.229 e. The zero-order chi connectivity index (χ0) is 25.8. The highest BCUT2D eigenvalue weighted by molar-refractivity contribution is 7.91. The summed E-state index contributed by atoms with van der Waals surface area (Å²) >= 11 is 7.06. The highest BCUT2D eigenvalue weighted by Gasteiger charge is 2.24. The monoisotopic (exact) mass is 593 g/mol. The second kappa shape index (κ2) is 12.7. The van der Waals surface area contributed by atoms with Crippen LogP contribution in [-0.2, 0) is 24.5 Å². The molecule has 0 unspecified atom stereocenters. The standard InChI is InChI=1S/C23H28ClN3O5S3.ClH/c1-4-26(5-2)13-14-27(22(28)12-15-35(31,32)18-8-6-17(24)7-9-18)23-25-20-11-10-19(34(3,29)30)16-21(20)33-23;/h6-11,16H,4-5,12-15H2,1-3H3;1H. The Morgan fingerprint density at radius 3 is 2.17 bits per heavy atom. The van der Waals surface area contributed by atoms with Crippen LogP contribution < -0.4 is 4.90 Å². The number of sulfone groups is 2. The van der Waals surface area contributed by atoms with Gasteiger partial charge in [0.2, 0.25) is 5.91 Å². The quantitative estimate of drug-likeness (QED) is 0.326. The SMILES string of the molecule is CCN(CC)CCN(C(=O)CCS(=O)(=O)c1ccc(Cl)cc1)c1nc2ccc(S(C)(=O)=O)cc2s1.Cl. The molecule has 0 bridgehead atoms. The summed E-state index contributed by atoms with van der Waals surface area (Å²) in [5, 5.41) is 0.837. The number of anilines is 1. The number of rotatable bonds is 11. The van der Waals surface area contributed by atoms with Crippen LogP contribution in [0.2, 0.25) is 5.02 Å². The Bertz CT molecular complexity index is 1400. The number of likely N-dealkylation sites (N-methyl/N-ethyl adjacent to an activating group) is 1. The third-order valence-corrected chi connectivity index (χ3v) is 9.74. The number of nitrogens with zero attached hydrogens (tertiary/aromatic N) is 3. The Balaban J connectivity index is 0.00000456. The second-order valence-corrected chi connectivity index (χ2v) is 13.6. The number of carbonyl (C=O) groups is 1. The molecule has 8 nitrogen and oxygen atoms in total. The lowest BCUT2D eigenvalue weighted by molar-refractivity contribution is -0.118. The van der Waals surface area contributed by atoms with Gasteiger partial charge in [0.1, 0.15) is 0 Å². The van der Waals surface area contributed by atoms with Crippen molar-refractivity contribution in [2.75, 3.05) is 43.1 Å². The predicted octanol–water partition coefficient (Wildman–Crippen LogP) is 4.31. The first-order chi connectivity index (χ1) is 16.4. The number of carbonyl (C=O) groups excluding carboxylic acids is 1. The van der Waals surface area contributed by atoms with Crippen LogP contribution >= 0.6 is 35.3 Å². The lowest BCUT2D eigenvalue weighted by atomic mass is 10.3. The van der Waals surface area contributed by atoms with Crippen LogP contribution in [0.15, 0.2) is 52.3 Å². The van der Waals surface area contributed by atoms with Gasteiger partial charge in [-0.2, -0.15) is 0 Å². The van der Waals surface area contributed by atoms with Gasteiger partial charge in [0.15, 0.2) is 24.8 Å². The van der Waals surface area contributed by atoms with Crippen molar-refractivity contribution < 1.29 is 21.6 Å². The molecule has 1 aromatic heterocycles. The van der Waals surface area contributed by atoms with Crippen molar-refractivity contribution in [2.45, 2.75) is 30.1 Å². The van der Waals surface area contributed by atoms with E-state index in [9.17, 15) is 21.6 Å². The van der Waals surface area contributed by atoms with Crippen LogP contribution in [0.5, 0.6) is 0 Å². The summed E-state index contributed by atoms with van der Waals surface area (Å²) in [5.74, 6) is -0.713. The van der Waals surface area contributed by atoms with E-state index >= 15 is 0 Å². The number of thiazole rings is 1. The average Bonchev–Trinajstić information content (AvgIpc) is 3.23. The fraction of sp³-hybridized carbons (Fsp3) is 0.391. The second-order valence-electron chi connectivity index (χ2n) is 7.99. The van der Waals surface area contributed by atoms with Gasteiger partial charge in [-0.15, -0.1) is 12.4 Å². The first-order valence-electron chi connectivity index (χ1n) is 11.1. The van der Waals surface area contributed by atoms with Gasteiger partial charge >= 0.3 is 0 Å². The minimum absolute atomic E-state index is 0. The highest BCUT2D eigenvalue weighted by atomic mass is 35.5. The third-order valence-electron chi connectivity index (χ3n) is 5.60. The van der Waals surface area contributed by atoms with Crippen molar-refractivity contribution in [1.82, 2.24) is 9.88 Å². The molecule has 36 heavy (non-hydrogen) atoms. The molecule has 0 atom stereocenters. The topological polar surface area (TPSA) is 105 Å². The van der Waals surface area contributed by atoms with E-state index < -0.39 is 19.7 Å². The molecule has 0 aliphatic carbocycles. The molecule has 0 spiro atoms. The number of benzene rings is 2. The maximum Gasteiger partial charge on any atom is 0.229 e. The van der Waals surface area contributed by atoms with Gasteiger partial charge in [0, 0.05) is 30.8 Å². The maximum atomic E-state index is 13.3. The summed E-state index contributed by atoms with van der Waals surface area (Å²) in [6, 6.07) is 10.5. The van der Waals surface area contributed by atoms with Crippen LogP contribution in [0, 0.1) is 0 Å². The zero-order valence-corrected chi connectivity index (χ0v) is 24.2. The number of amides is 1. The fourth-order valence-corrected chi connectivity index (χ4v) is 6.59. The molecule has 0 aliphatic heterocycles. The molecule has 198 valence electrons. The first-order valence-corrected chi connectivity index (χ1v) is 15.8. The van der Waals surface area contributed by atoms with E-state index in [1.54, 1.807) is 12.1 Å². The van der Waals surface area contributed by atoms with Gasteiger partial charge in [-0.05, 0) is 55.6 Å². The summed E-state index contributed by atoms with van der Waals surface area (Å²) in [6.45, 7) is 6.59. The van der Waals surface area contributed by atoms with E-state index in [2.05, 4.69) is 9.88 Å². The van der Waals surface area contributed by atoms with Gasteiger partial charge in [-0.1, -0.05) is 36.8 Å². The van der Waals surface area contributed by atoms with E-state index in [4.69, 9.17) is 11.6 Å². The van der Waals surface area contributed by atoms with Gasteiger partial charge in [-0.3, -0.25) is 9.69 Å². The molecule has 3 aromatic rings. The Hall–Kier alpha value is -1.76. The van der Waals surface area contributed by atoms with Crippen molar-refractivity contribution in [3.63, 3.8) is 0 Å². The van der Waals surface area contributed by atoms with Gasteiger partial charge in [0.25, 0.3) is 0 Å². The lowest BCUT2D eigenvalue weighted by Crippen LogP contribution is -2.39. The Morgan fingerprint density at radius 2 is 1.58 bits per heavy atom. The average molecular weight is 595 g/mol. The third kappa shape index (κ3) is 7.62. The summed E-state index contributed by atoms with van der Waals surface area (Å²) < 4.78 is 50.0. The lowest BCUT2D eigenvalue weighted by Gasteiger charge is -2.24. The van der Waals surface area contributed by atoms with Crippen molar-refractivity contribution in [2.24, 2.45) is 0 Å². The van der Waals surface area contributed by atoms with Crippen molar-refractivity contribution in [3.8, 4) is 0 Å². The normalized spacial score (nSPS) is 12.0. The molecular weight excluding hydrogens is 565 g/mol. The van der Waals surface area contributed by atoms with Crippen LogP contribution in [0.3, 0.4) is 0 Å². The van der Waals surface area contributed by atoms with Gasteiger partial charge in [-0.25, -0.2) is 21.8 Å². The summed E-state index contributed by atoms with van der Waals surface area (Å²) in [7, 11) is -7.06. The summed E-state index contributed by atoms with van der Waals surface area (Å²) in [4.78, 5) is 21.7. The molecule has 0 saturated heterocycles. The largest absolute Gasteiger partial charge is 0.302 e. The van der Waals surface area contributed by atoms with E-state index in [1.807, 2.05) is 13.8 Å². The number of halogens is 2. The van der Waals surface area contributed by atoms with E-state index in [-0.39, 0.29) is 40.3 Å². The van der Waals surface area contributed by atoms with Crippen LogP contribution in [-0.4, -0.2) is 70.8 Å². The van der Waals surface area contributed by atoms with Crippen LogP contribution in [0.4, 0.5) is 5.13 Å². The van der Waals surface area contributed by atoms with Gasteiger partial charge < -0.3 is 4.90 Å². The fourth-order valence-electron chi connectivity index (χ4n) is 3.46. The molecule has 3 rings (SSSR count). The minimum atomic E-state index is -3.68. The summed E-state index contributed by atoms with van der Waals surface area (Å²) in [6.07, 6.45) is 0.922. The van der Waals surface area contributed by atoms with E-state index in [0.717, 1.165) is 19.3 Å². The van der Waals surface area contributed by atoms with Crippen molar-refractivity contribution in [1.29, 1.82) is 0 Å². The Labute approximate surface area is 227 Å². The van der Waals surface area contributed by atoms with E-state index in [0.29, 0.717) is 33.5 Å². The molecule has 0 aliphatic rings. The van der Waals surface area contributed by atoms with Crippen LogP contribution in [0.1, 0.15) is 20.3 Å². The van der Waals surface area contributed by atoms with E-state index in [1.165, 1.54) is 46.6 Å². The number of aromatic nitrogens is 1. The van der Waals surface area contributed by atoms with Crippen LogP contribution in [0.25, 0.3) is 10.2 Å². The van der Waals surface area contributed by atoms with Gasteiger partial charge in [0.05, 0.1) is 25.8 Å². The van der Waals surface area contributed by atoms with Crippen molar-refractivity contribution in [3.05, 3.63) is 47.5 Å². The molecule has 13 heteroatoms. The first kappa shape index (κ1) is 30.5. The number of hydrogen-bond donors (Lipinski definition) is 0. The molecule has 0 saturated carbocycles. The van der Waals surface area contributed by atoms with Crippen molar-refractivity contribution >= 4 is 76.3 Å². The highest BCUT2D eigenvalue weighted by Crippen LogP contribution is 2.31. The molecule has 2 aromatic carbocycles. The number of fused-ring (bicyclic) bond motifs is 1. The molecule has 0 fully saturated rings. The zero-order valence-electron chi connectivity index (χ0n) is 20.2. The Kier molecular flexibility index (Phi) is 10.7. The maximum absolute atomic E-state index is 13.3. The summed E-state index contributed by atoms with van der Waals surface area (Å²) in [5.41, 5.74) is 0.576. The minimum Gasteiger partial charge on any atom is -0.302 e. The molecular formula is C23H29Cl2N3O5S3. The molecule has 1 heterocycles. The Morgan fingerprint density at radius 1 is 0.972 bits per heavy atom. The molecule has 1 amide bonds. The molecule has 0 N–H and O–H groups in total. The predicted molar refractivity (Wildman–Crippen MR) is 148 cm³/mol. The molecule has 0 radical (unpaired) electrons. The number of hydrogen-bond acceptors (Lipinski definition) is 8.